The summed E-state index contributed by atoms with van der Waals surface area (Å²) in [5.74, 6) is -0.169. The van der Waals surface area contributed by atoms with Gasteiger partial charge >= 0.3 is 6.03 Å². The van der Waals surface area contributed by atoms with E-state index in [4.69, 9.17) is 11.6 Å². The van der Waals surface area contributed by atoms with Crippen LogP contribution in [0.25, 0.3) is 0 Å². The van der Waals surface area contributed by atoms with Gasteiger partial charge in [-0.05, 0) is 77.4 Å². The molecule has 2 aliphatic carbocycles. The van der Waals surface area contributed by atoms with Gasteiger partial charge in [0.1, 0.15) is 12.1 Å². The topological polar surface area (TPSA) is 107 Å². The van der Waals surface area contributed by atoms with Gasteiger partial charge in [-0.3, -0.25) is 14.9 Å². The number of benzene rings is 1. The number of fused-ring (bicyclic) bond motifs is 2. The molecule has 1 saturated carbocycles. The first-order valence-corrected chi connectivity index (χ1v) is 16.8. The first-order chi connectivity index (χ1) is 21.4. The van der Waals surface area contributed by atoms with Crippen molar-refractivity contribution in [1.29, 1.82) is 0 Å². The Kier molecular flexibility index (Phi) is 9.73. The number of piperazine rings is 1. The summed E-state index contributed by atoms with van der Waals surface area (Å²) < 4.78 is 3.98. The molecule has 2 fully saturated rings. The minimum absolute atomic E-state index is 0.144. The van der Waals surface area contributed by atoms with Gasteiger partial charge in [0.15, 0.2) is 0 Å². The number of hydrogen-bond donors (Lipinski definition) is 3. The Balaban J connectivity index is 1.28. The number of carbonyl (C=O) groups excluding carboxylic acids is 2. The molecule has 2 aromatic heterocycles. The second kappa shape index (κ2) is 13.9. The second-order valence-corrected chi connectivity index (χ2v) is 13.4. The van der Waals surface area contributed by atoms with Crippen LogP contribution in [0, 0.1) is 0 Å². The zero-order chi connectivity index (χ0) is 30.6. The molecule has 0 radical (unpaired) electrons. The minimum Gasteiger partial charge on any atom is -0.354 e. The predicted molar refractivity (Wildman–Crippen MR) is 170 cm³/mol. The average Bonchev–Trinajstić information content (AvgIpc) is 3.48. The maximum atomic E-state index is 13.9. The zero-order valence-corrected chi connectivity index (χ0v) is 27.1. The Labute approximate surface area is 271 Å². The highest BCUT2D eigenvalue weighted by Gasteiger charge is 2.43. The summed E-state index contributed by atoms with van der Waals surface area (Å²) in [7, 11) is 0. The first kappa shape index (κ1) is 30.9. The summed E-state index contributed by atoms with van der Waals surface area (Å²) >= 11 is 9.98. The summed E-state index contributed by atoms with van der Waals surface area (Å²) in [5.41, 5.74) is 3.97. The van der Waals surface area contributed by atoms with E-state index in [0.29, 0.717) is 31.2 Å². The van der Waals surface area contributed by atoms with Crippen molar-refractivity contribution in [2.75, 3.05) is 26.2 Å². The molecule has 1 aliphatic heterocycles. The largest absolute Gasteiger partial charge is 0.354 e. The summed E-state index contributed by atoms with van der Waals surface area (Å²) in [5, 5.41) is 18.2. The summed E-state index contributed by atoms with van der Waals surface area (Å²) in [4.78, 5) is 35.6. The SMILES string of the molecule is O=C(NCCCn1ccnc1)C1CN([C@@H]2c3ccc(Cl)cc3CCc3cc(Br)c[n+](O)c32)CCN1C(=O)NC1CCCCC1. The molecule has 3 aromatic rings. The Morgan fingerprint density at radius 2 is 1.93 bits per heavy atom. The Hall–Kier alpha value is -3.15. The molecule has 3 heterocycles. The van der Waals surface area contributed by atoms with E-state index in [0.717, 1.165) is 78.3 Å². The van der Waals surface area contributed by atoms with Gasteiger partial charge in [0.05, 0.1) is 10.8 Å². The van der Waals surface area contributed by atoms with Gasteiger partial charge in [0.2, 0.25) is 12.1 Å². The average molecular weight is 686 g/mol. The van der Waals surface area contributed by atoms with Crippen LogP contribution >= 0.6 is 27.5 Å². The van der Waals surface area contributed by atoms with Crippen molar-refractivity contribution < 1.29 is 19.5 Å². The predicted octanol–water partition coefficient (Wildman–Crippen LogP) is 4.25. The first-order valence-electron chi connectivity index (χ1n) is 15.6. The smallest absolute Gasteiger partial charge is 0.318 e. The number of carbonyl (C=O) groups is 2. The molecule has 3 amide bonds. The van der Waals surface area contributed by atoms with Gasteiger partial charge in [-0.15, -0.1) is 0 Å². The quantitative estimate of drug-likeness (QED) is 0.196. The number of aryl methyl sites for hydroxylation is 3. The number of nitrogens with one attached hydrogen (secondary N) is 2. The highest BCUT2D eigenvalue weighted by molar-refractivity contribution is 9.10. The number of urea groups is 1. The molecule has 0 bridgehead atoms. The number of amides is 3. The molecule has 1 unspecified atom stereocenters. The molecular formula is C32H40BrClN7O3+. The molecule has 6 rings (SSSR count). The van der Waals surface area contributed by atoms with Crippen LogP contribution in [-0.2, 0) is 24.2 Å². The zero-order valence-electron chi connectivity index (χ0n) is 24.8. The van der Waals surface area contributed by atoms with E-state index in [1.165, 1.54) is 11.2 Å². The number of pyridine rings is 1. The lowest BCUT2D eigenvalue weighted by molar-refractivity contribution is -0.911. The Bertz CT molecular complexity index is 1480. The molecule has 2 atom stereocenters. The molecule has 1 saturated heterocycles. The standard InChI is InChI=1S/C32H39BrClN7O3/c33-24-17-23-8-7-22-18-25(34)9-10-27(22)30(29(23)41(44)19-24)39-15-16-40(32(43)37-26-5-2-1-3-6-26)28(20-39)31(42)36-11-4-13-38-14-12-35-21-38/h9-10,12,14,17-19,21,26,28,30H,1-8,11,13,15-16,20H2,(H2-,36,37,42,43,44)/p+1/t28?,30-/m1/s1. The van der Waals surface area contributed by atoms with Crippen LogP contribution in [-0.4, -0.2) is 74.8 Å². The van der Waals surface area contributed by atoms with Crippen molar-refractivity contribution in [2.45, 2.75) is 76.0 Å². The monoisotopic (exact) mass is 684 g/mol. The van der Waals surface area contributed by atoms with E-state index in [2.05, 4.69) is 42.5 Å². The molecule has 10 nitrogen and oxygen atoms in total. The maximum absolute atomic E-state index is 13.9. The van der Waals surface area contributed by atoms with Crippen LogP contribution in [0.2, 0.25) is 5.02 Å². The van der Waals surface area contributed by atoms with Crippen LogP contribution in [0.15, 0.2) is 53.7 Å². The molecule has 44 heavy (non-hydrogen) atoms. The van der Waals surface area contributed by atoms with Crippen molar-refractivity contribution in [3.8, 4) is 0 Å². The number of halogens is 2. The third-order valence-corrected chi connectivity index (χ3v) is 9.85. The molecule has 234 valence electrons. The van der Waals surface area contributed by atoms with E-state index in [1.807, 2.05) is 29.0 Å². The van der Waals surface area contributed by atoms with Gasteiger partial charge in [0.25, 0.3) is 5.69 Å². The normalized spacial score (nSPS) is 20.8. The molecule has 0 spiro atoms. The van der Waals surface area contributed by atoms with Gasteiger partial charge in [0, 0.05) is 66.5 Å². The summed E-state index contributed by atoms with van der Waals surface area (Å²) in [6.07, 6.45) is 14.7. The lowest BCUT2D eigenvalue weighted by atomic mass is 9.94. The van der Waals surface area contributed by atoms with Crippen LogP contribution < -0.4 is 15.4 Å². The van der Waals surface area contributed by atoms with Crippen molar-refractivity contribution in [3.05, 3.63) is 81.1 Å². The fraction of sp³-hybridized carbons (Fsp3) is 0.500. The maximum Gasteiger partial charge on any atom is 0.318 e. The van der Waals surface area contributed by atoms with Gasteiger partial charge in [-0.1, -0.05) is 36.9 Å². The number of rotatable bonds is 7. The highest BCUT2D eigenvalue weighted by atomic mass is 79.9. The van der Waals surface area contributed by atoms with Crippen molar-refractivity contribution >= 4 is 39.5 Å². The highest BCUT2D eigenvalue weighted by Crippen LogP contribution is 2.38. The van der Waals surface area contributed by atoms with Crippen LogP contribution in [0.3, 0.4) is 0 Å². The van der Waals surface area contributed by atoms with Crippen molar-refractivity contribution in [3.63, 3.8) is 0 Å². The number of nitrogens with zero attached hydrogens (tertiary/aromatic N) is 5. The van der Waals surface area contributed by atoms with E-state index in [1.54, 1.807) is 23.6 Å². The van der Waals surface area contributed by atoms with Gasteiger partial charge in [-0.25, -0.2) is 9.78 Å². The second-order valence-electron chi connectivity index (χ2n) is 12.1. The molecular weight excluding hydrogens is 646 g/mol. The van der Waals surface area contributed by atoms with E-state index in [-0.39, 0.29) is 24.0 Å². The molecule has 1 aromatic carbocycles. The minimum atomic E-state index is -0.689. The third kappa shape index (κ3) is 6.89. The molecule has 3 aliphatic rings. The summed E-state index contributed by atoms with van der Waals surface area (Å²) in [6.45, 7) is 2.50. The molecule has 12 heteroatoms. The van der Waals surface area contributed by atoms with Crippen LogP contribution in [0.5, 0.6) is 0 Å². The van der Waals surface area contributed by atoms with E-state index >= 15 is 0 Å². The Morgan fingerprint density at radius 3 is 2.73 bits per heavy atom. The third-order valence-electron chi connectivity index (χ3n) is 9.18. The lowest BCUT2D eigenvalue weighted by Gasteiger charge is -2.43. The van der Waals surface area contributed by atoms with Crippen LogP contribution in [0.1, 0.15) is 67.0 Å². The summed E-state index contributed by atoms with van der Waals surface area (Å²) in [6, 6.07) is 6.94. The fourth-order valence-corrected chi connectivity index (χ4v) is 7.64. The number of imidazole rings is 1. The van der Waals surface area contributed by atoms with E-state index < -0.39 is 6.04 Å². The van der Waals surface area contributed by atoms with Gasteiger partial charge in [-0.2, -0.15) is 0 Å². The lowest BCUT2D eigenvalue weighted by Crippen LogP contribution is -2.64. The van der Waals surface area contributed by atoms with Gasteiger partial charge < -0.3 is 20.1 Å². The van der Waals surface area contributed by atoms with Crippen molar-refractivity contribution in [1.82, 2.24) is 30.0 Å². The number of hydrogen-bond acceptors (Lipinski definition) is 5. The molecule has 3 N–H and O–H groups in total. The van der Waals surface area contributed by atoms with E-state index in [9.17, 15) is 14.8 Å². The number of aromatic nitrogens is 3. The van der Waals surface area contributed by atoms with Crippen molar-refractivity contribution in [2.24, 2.45) is 0 Å². The fourth-order valence-electron chi connectivity index (χ4n) is 6.98. The van der Waals surface area contributed by atoms with Crippen LogP contribution in [0.4, 0.5) is 4.79 Å². The Morgan fingerprint density at radius 1 is 1.11 bits per heavy atom.